The first-order valence-corrected chi connectivity index (χ1v) is 9.72. The van der Waals surface area contributed by atoms with E-state index >= 15 is 0 Å². The molecule has 0 aromatic heterocycles. The van der Waals surface area contributed by atoms with Gasteiger partial charge in [0.1, 0.15) is 5.82 Å². The Kier molecular flexibility index (Phi) is 4.95. The second kappa shape index (κ2) is 6.44. The maximum absolute atomic E-state index is 13.1. The van der Waals surface area contributed by atoms with Crippen LogP contribution in [0.5, 0.6) is 0 Å². The van der Waals surface area contributed by atoms with Crippen LogP contribution in [-0.4, -0.2) is 16.8 Å². The topological polar surface area (TPSA) is 106 Å². The van der Waals surface area contributed by atoms with Gasteiger partial charge in [-0.25, -0.2) is 26.4 Å². The summed E-state index contributed by atoms with van der Waals surface area (Å²) in [5.41, 5.74) is 0.469. The molecule has 0 aliphatic rings. The molecular weight excluding hydrogens is 367 g/mol. The van der Waals surface area contributed by atoms with Gasteiger partial charge in [-0.05, 0) is 35.9 Å². The zero-order valence-corrected chi connectivity index (χ0v) is 13.9. The molecule has 0 saturated carbocycles. The van der Waals surface area contributed by atoms with E-state index in [9.17, 15) is 21.2 Å². The Morgan fingerprint density at radius 3 is 2.39 bits per heavy atom. The van der Waals surface area contributed by atoms with E-state index in [2.05, 4.69) is 4.72 Å². The van der Waals surface area contributed by atoms with E-state index in [1.54, 1.807) is 0 Å². The fraction of sp³-hybridized carbons (Fsp3) is 0.0769. The van der Waals surface area contributed by atoms with E-state index < -0.39 is 31.6 Å². The SMILES string of the molecule is NS(=O)(=O)Cc1cccc(NS(=O)(=O)c2ccc(F)c(Cl)c2)c1. The Bertz CT molecular complexity index is 946. The summed E-state index contributed by atoms with van der Waals surface area (Å²) in [6.07, 6.45) is 0. The second-order valence-corrected chi connectivity index (χ2v) is 8.39. The van der Waals surface area contributed by atoms with Gasteiger partial charge in [0, 0.05) is 5.69 Å². The van der Waals surface area contributed by atoms with Gasteiger partial charge in [0.05, 0.1) is 15.7 Å². The normalized spacial score (nSPS) is 12.1. The minimum absolute atomic E-state index is 0.145. The molecule has 0 radical (unpaired) electrons. The quantitative estimate of drug-likeness (QED) is 0.830. The lowest BCUT2D eigenvalue weighted by Crippen LogP contribution is -2.15. The molecule has 0 aliphatic heterocycles. The maximum Gasteiger partial charge on any atom is 0.261 e. The molecular formula is C13H12ClFN2O4S2. The first kappa shape index (κ1) is 17.7. The summed E-state index contributed by atoms with van der Waals surface area (Å²) in [7, 11) is -7.73. The Morgan fingerprint density at radius 2 is 1.78 bits per heavy atom. The van der Waals surface area contributed by atoms with Crippen molar-refractivity contribution >= 4 is 37.3 Å². The molecule has 2 aromatic rings. The average molecular weight is 379 g/mol. The van der Waals surface area contributed by atoms with Gasteiger partial charge in [-0.15, -0.1) is 0 Å². The van der Waals surface area contributed by atoms with Crippen molar-refractivity contribution in [1.82, 2.24) is 0 Å². The average Bonchev–Trinajstić information content (AvgIpc) is 2.39. The predicted molar refractivity (Wildman–Crippen MR) is 85.5 cm³/mol. The van der Waals surface area contributed by atoms with Crippen molar-refractivity contribution in [2.75, 3.05) is 4.72 Å². The highest BCUT2D eigenvalue weighted by Crippen LogP contribution is 2.22. The van der Waals surface area contributed by atoms with E-state index in [1.165, 1.54) is 24.3 Å². The molecule has 0 amide bonds. The van der Waals surface area contributed by atoms with Crippen LogP contribution in [0.4, 0.5) is 10.1 Å². The molecule has 124 valence electrons. The van der Waals surface area contributed by atoms with Gasteiger partial charge in [-0.3, -0.25) is 4.72 Å². The Balaban J connectivity index is 2.30. The molecule has 10 heteroatoms. The Morgan fingerprint density at radius 1 is 1.09 bits per heavy atom. The number of benzene rings is 2. The molecule has 0 spiro atoms. The van der Waals surface area contributed by atoms with Crippen LogP contribution >= 0.6 is 11.6 Å². The van der Waals surface area contributed by atoms with Gasteiger partial charge in [-0.1, -0.05) is 23.7 Å². The van der Waals surface area contributed by atoms with Crippen LogP contribution in [0.1, 0.15) is 5.56 Å². The Hall–Kier alpha value is -1.68. The molecule has 0 heterocycles. The number of hydrogen-bond donors (Lipinski definition) is 2. The van der Waals surface area contributed by atoms with Crippen molar-refractivity contribution in [3.05, 3.63) is 58.9 Å². The number of anilines is 1. The van der Waals surface area contributed by atoms with Crippen LogP contribution in [-0.2, 0) is 25.8 Å². The summed E-state index contributed by atoms with van der Waals surface area (Å²) >= 11 is 5.57. The fourth-order valence-electron chi connectivity index (χ4n) is 1.81. The molecule has 23 heavy (non-hydrogen) atoms. The second-order valence-electron chi connectivity index (χ2n) is 4.69. The van der Waals surface area contributed by atoms with Crippen LogP contribution in [0.15, 0.2) is 47.4 Å². The van der Waals surface area contributed by atoms with Crippen molar-refractivity contribution in [3.8, 4) is 0 Å². The van der Waals surface area contributed by atoms with Crippen molar-refractivity contribution in [2.24, 2.45) is 5.14 Å². The van der Waals surface area contributed by atoms with Crippen LogP contribution in [0.2, 0.25) is 5.02 Å². The molecule has 0 saturated heterocycles. The summed E-state index contributed by atoms with van der Waals surface area (Å²) in [6.45, 7) is 0. The zero-order valence-electron chi connectivity index (χ0n) is 11.5. The molecule has 0 bridgehead atoms. The van der Waals surface area contributed by atoms with Crippen LogP contribution in [0.3, 0.4) is 0 Å². The molecule has 2 aromatic carbocycles. The minimum Gasteiger partial charge on any atom is -0.280 e. The zero-order chi connectivity index (χ0) is 17.3. The summed E-state index contributed by atoms with van der Waals surface area (Å²) in [5.74, 6) is -1.16. The van der Waals surface area contributed by atoms with Gasteiger partial charge in [0.2, 0.25) is 10.0 Å². The summed E-state index contributed by atoms with van der Waals surface area (Å²) in [4.78, 5) is -0.222. The van der Waals surface area contributed by atoms with Crippen molar-refractivity contribution in [2.45, 2.75) is 10.6 Å². The highest BCUT2D eigenvalue weighted by atomic mass is 35.5. The highest BCUT2D eigenvalue weighted by Gasteiger charge is 2.16. The highest BCUT2D eigenvalue weighted by molar-refractivity contribution is 7.92. The predicted octanol–water partition coefficient (Wildman–Crippen LogP) is 2.07. The monoisotopic (exact) mass is 378 g/mol. The molecule has 0 fully saturated rings. The number of nitrogens with two attached hydrogens (primary N) is 1. The standard InChI is InChI=1S/C13H12ClFN2O4S2/c14-12-7-11(4-5-13(12)15)23(20,21)17-10-3-1-2-9(6-10)8-22(16,18)19/h1-7,17H,8H2,(H2,16,18,19). The lowest BCUT2D eigenvalue weighted by atomic mass is 10.2. The summed E-state index contributed by atoms with van der Waals surface area (Å²) < 4.78 is 62.0. The smallest absolute Gasteiger partial charge is 0.261 e. The van der Waals surface area contributed by atoms with Crippen molar-refractivity contribution < 1.29 is 21.2 Å². The number of hydrogen-bond acceptors (Lipinski definition) is 4. The van der Waals surface area contributed by atoms with Crippen LogP contribution < -0.4 is 9.86 Å². The first-order valence-electron chi connectivity index (χ1n) is 6.14. The number of halogens is 2. The van der Waals surface area contributed by atoms with E-state index in [4.69, 9.17) is 16.7 Å². The molecule has 0 atom stereocenters. The molecule has 3 N–H and O–H groups in total. The summed E-state index contributed by atoms with van der Waals surface area (Å²) in [5, 5.41) is 4.63. The largest absolute Gasteiger partial charge is 0.280 e. The van der Waals surface area contributed by atoms with Crippen LogP contribution in [0.25, 0.3) is 0 Å². The lowest BCUT2D eigenvalue weighted by molar-refractivity contribution is 0.596. The fourth-order valence-corrected chi connectivity index (χ4v) is 3.78. The lowest BCUT2D eigenvalue weighted by Gasteiger charge is -2.10. The van der Waals surface area contributed by atoms with Crippen LogP contribution in [0, 0.1) is 5.82 Å². The number of primary sulfonamides is 1. The molecule has 0 unspecified atom stereocenters. The summed E-state index contributed by atoms with van der Waals surface area (Å²) in [6, 6.07) is 8.74. The third kappa shape index (κ3) is 4.90. The van der Waals surface area contributed by atoms with Gasteiger partial charge in [0.15, 0.2) is 0 Å². The first-order chi connectivity index (χ1) is 10.6. The van der Waals surface area contributed by atoms with E-state index in [-0.39, 0.29) is 15.6 Å². The molecule has 2 rings (SSSR count). The van der Waals surface area contributed by atoms with Gasteiger partial charge >= 0.3 is 0 Å². The van der Waals surface area contributed by atoms with E-state index in [0.29, 0.717) is 5.56 Å². The number of rotatable bonds is 5. The van der Waals surface area contributed by atoms with Gasteiger partial charge < -0.3 is 0 Å². The third-order valence-corrected chi connectivity index (χ3v) is 5.15. The number of sulfonamides is 2. The minimum atomic E-state index is -3.99. The molecule has 0 aliphatic carbocycles. The Labute approximate surface area is 138 Å². The van der Waals surface area contributed by atoms with E-state index in [0.717, 1.165) is 18.2 Å². The maximum atomic E-state index is 13.1. The van der Waals surface area contributed by atoms with Gasteiger partial charge in [0.25, 0.3) is 10.0 Å². The van der Waals surface area contributed by atoms with Gasteiger partial charge in [-0.2, -0.15) is 0 Å². The van der Waals surface area contributed by atoms with Crippen molar-refractivity contribution in [1.29, 1.82) is 0 Å². The number of nitrogens with one attached hydrogen (secondary N) is 1. The van der Waals surface area contributed by atoms with Crippen molar-refractivity contribution in [3.63, 3.8) is 0 Å². The third-order valence-electron chi connectivity index (χ3n) is 2.75. The molecule has 6 nitrogen and oxygen atoms in total. The van der Waals surface area contributed by atoms with E-state index in [1.807, 2.05) is 0 Å².